The fourth-order valence-electron chi connectivity index (χ4n) is 4.06. The van der Waals surface area contributed by atoms with Gasteiger partial charge in [-0.1, -0.05) is 146 Å². The van der Waals surface area contributed by atoms with Gasteiger partial charge in [0.15, 0.2) is 22.9 Å². The average molecular weight is 688 g/mol. The second-order valence-electron chi connectivity index (χ2n) is 9.89. The average Bonchev–Trinajstić information content (AvgIpc) is 2.92. The summed E-state index contributed by atoms with van der Waals surface area (Å²) in [6, 6.07) is 21.3. The number of rotatable bonds is 3. The lowest BCUT2D eigenvalue weighted by atomic mass is 9.93. The van der Waals surface area contributed by atoms with Gasteiger partial charge in [0.2, 0.25) is 7.59 Å². The summed E-state index contributed by atoms with van der Waals surface area (Å²) in [6.45, 7) is 8.76. The highest BCUT2D eigenvalue weighted by atomic mass is 35.6. The topological polar surface area (TPSA) is 55.7 Å². The van der Waals surface area contributed by atoms with Gasteiger partial charge in [0.1, 0.15) is 0 Å². The van der Waals surface area contributed by atoms with Crippen molar-refractivity contribution in [1.29, 1.82) is 0 Å². The Balaban J connectivity index is 0.000000189. The minimum absolute atomic E-state index is 0.113. The monoisotopic (exact) mass is 685 g/mol. The van der Waals surface area contributed by atoms with Crippen LogP contribution in [0.3, 0.4) is 0 Å². The molecule has 4 nitrogen and oxygen atoms in total. The van der Waals surface area contributed by atoms with Gasteiger partial charge in [0.25, 0.3) is 0 Å². The fraction of sp³-hybridized carbons (Fsp3) is 0.267. The van der Waals surface area contributed by atoms with E-state index < -0.39 is 7.59 Å². The fourth-order valence-corrected chi connectivity index (χ4v) is 5.88. The molecule has 0 atom stereocenters. The second-order valence-corrected chi connectivity index (χ2v) is 15.5. The number of alkyl halides is 6. The maximum Gasteiger partial charge on any atom is 0.250 e. The van der Waals surface area contributed by atoms with Crippen LogP contribution in [0, 0.1) is 0 Å². The lowest BCUT2D eigenvalue weighted by molar-refractivity contribution is 0.842. The number of hydrogen-bond acceptors (Lipinski definition) is 5. The molecule has 0 saturated carbocycles. The van der Waals surface area contributed by atoms with Crippen molar-refractivity contribution in [3.05, 3.63) is 99.7 Å². The second kappa shape index (κ2) is 12.9. The van der Waals surface area contributed by atoms with Gasteiger partial charge >= 0.3 is 0 Å². The van der Waals surface area contributed by atoms with Gasteiger partial charge in [-0.3, -0.25) is 4.79 Å². The first kappa shape index (κ1) is 32.2. The summed E-state index contributed by atoms with van der Waals surface area (Å²) in [5.41, 5.74) is 3.40. The molecule has 0 radical (unpaired) electrons. The Morgan fingerprint density at radius 2 is 1.24 bits per heavy atom. The summed E-state index contributed by atoms with van der Waals surface area (Å²) in [4.78, 5) is 24.9. The van der Waals surface area contributed by atoms with E-state index in [0.29, 0.717) is 17.4 Å². The van der Waals surface area contributed by atoms with E-state index in [2.05, 4.69) is 54.8 Å². The molecule has 5 rings (SSSR count). The Hall–Kier alpha value is -1.70. The van der Waals surface area contributed by atoms with Crippen LogP contribution in [0.4, 0.5) is 0 Å². The molecule has 0 aliphatic rings. The van der Waals surface area contributed by atoms with Crippen LogP contribution < -0.4 is 5.43 Å². The van der Waals surface area contributed by atoms with Crippen molar-refractivity contribution in [1.82, 2.24) is 15.0 Å². The first-order valence-corrected chi connectivity index (χ1v) is 15.7. The molecule has 0 fully saturated rings. The molecule has 0 N–H and O–H groups in total. The van der Waals surface area contributed by atoms with Crippen molar-refractivity contribution in [2.24, 2.45) is 0 Å². The SMILES string of the molecule is CC(C)c1cc(C(C)C)c2sc3ccccc3c(=O)c2c1.ClC(Cl)(Cl)c1nc(-c2ccccc2)nc(C(Cl)(Cl)Cl)n1. The van der Waals surface area contributed by atoms with Crippen LogP contribution in [-0.4, -0.2) is 15.0 Å². The third kappa shape index (κ3) is 7.64. The van der Waals surface area contributed by atoms with Crippen molar-refractivity contribution in [3.63, 3.8) is 0 Å². The van der Waals surface area contributed by atoms with Gasteiger partial charge in [0.05, 0.1) is 0 Å². The normalized spacial score (nSPS) is 12.2. The van der Waals surface area contributed by atoms with Crippen LogP contribution in [0.1, 0.15) is 62.3 Å². The highest BCUT2D eigenvalue weighted by Gasteiger charge is 2.34. The maximum atomic E-state index is 12.8. The summed E-state index contributed by atoms with van der Waals surface area (Å²) in [5.74, 6) is 0.879. The highest BCUT2D eigenvalue weighted by Crippen LogP contribution is 2.41. The number of aromatic nitrogens is 3. The maximum absolute atomic E-state index is 12.8. The lowest BCUT2D eigenvalue weighted by Crippen LogP contribution is -2.16. The van der Waals surface area contributed by atoms with E-state index in [1.807, 2.05) is 42.5 Å². The standard InChI is InChI=1S/C19H20OS.C11H5Cl6N3/c1-11(2)13-9-15(12(3)4)19-16(10-13)18(20)14-7-5-6-8-17(14)21-19;12-10(13,14)8-18-7(6-4-2-1-3-5-6)19-9(20-8)11(15,16)17/h5-12H,1-4H3;1-5H. The van der Waals surface area contributed by atoms with Gasteiger partial charge in [-0.2, -0.15) is 0 Å². The van der Waals surface area contributed by atoms with Crippen molar-refractivity contribution < 1.29 is 0 Å². The van der Waals surface area contributed by atoms with E-state index >= 15 is 0 Å². The van der Waals surface area contributed by atoms with Crippen LogP contribution in [0.25, 0.3) is 31.6 Å². The molecule has 0 aliphatic heterocycles. The first-order valence-electron chi connectivity index (χ1n) is 12.6. The van der Waals surface area contributed by atoms with Gasteiger partial charge in [0, 0.05) is 25.7 Å². The minimum atomic E-state index is -1.85. The third-order valence-corrected chi connectivity index (χ3v) is 8.44. The van der Waals surface area contributed by atoms with Crippen molar-refractivity contribution in [3.8, 4) is 11.4 Å². The van der Waals surface area contributed by atoms with E-state index in [1.54, 1.807) is 23.5 Å². The summed E-state index contributed by atoms with van der Waals surface area (Å²) in [6.07, 6.45) is 0. The van der Waals surface area contributed by atoms with E-state index in [9.17, 15) is 4.79 Å². The molecule has 0 bridgehead atoms. The van der Waals surface area contributed by atoms with Crippen molar-refractivity contribution in [2.45, 2.75) is 47.1 Å². The molecule has 214 valence electrons. The summed E-state index contributed by atoms with van der Waals surface area (Å²) < 4.78 is -1.47. The number of halogens is 6. The van der Waals surface area contributed by atoms with Gasteiger partial charge in [-0.15, -0.1) is 11.3 Å². The van der Waals surface area contributed by atoms with Crippen molar-refractivity contribution >= 4 is 101 Å². The van der Waals surface area contributed by atoms with Gasteiger partial charge in [-0.25, -0.2) is 15.0 Å². The lowest BCUT2D eigenvalue weighted by Gasteiger charge is -2.15. The molecule has 11 heteroatoms. The highest BCUT2D eigenvalue weighted by molar-refractivity contribution is 7.24. The first-order chi connectivity index (χ1) is 19.2. The van der Waals surface area contributed by atoms with Gasteiger partial charge in [-0.05, 0) is 41.2 Å². The Kier molecular flexibility index (Phi) is 10.1. The molecule has 0 aliphatic carbocycles. The minimum Gasteiger partial charge on any atom is -0.289 e. The Bertz CT molecular complexity index is 1710. The van der Waals surface area contributed by atoms with Crippen LogP contribution in [0.2, 0.25) is 0 Å². The molecule has 0 saturated heterocycles. The Morgan fingerprint density at radius 1 is 0.683 bits per heavy atom. The molecular weight excluding hydrogens is 663 g/mol. The number of nitrogens with zero attached hydrogens (tertiary/aromatic N) is 3. The number of benzene rings is 3. The van der Waals surface area contributed by atoms with Crippen LogP contribution in [-0.2, 0) is 7.59 Å². The third-order valence-electron chi connectivity index (χ3n) is 6.19. The molecule has 0 unspecified atom stereocenters. The summed E-state index contributed by atoms with van der Waals surface area (Å²) in [7, 11) is 0. The number of hydrogen-bond donors (Lipinski definition) is 0. The zero-order valence-electron chi connectivity index (χ0n) is 22.4. The molecule has 3 aromatic carbocycles. The van der Waals surface area contributed by atoms with Crippen LogP contribution in [0.5, 0.6) is 0 Å². The molecule has 2 aromatic heterocycles. The molecule has 2 heterocycles. The Labute approximate surface area is 272 Å². The molecular formula is C30H25Cl6N3OS. The quantitative estimate of drug-likeness (QED) is 0.140. The zero-order valence-corrected chi connectivity index (χ0v) is 27.8. The van der Waals surface area contributed by atoms with Gasteiger partial charge < -0.3 is 0 Å². The molecule has 41 heavy (non-hydrogen) atoms. The van der Waals surface area contributed by atoms with Crippen molar-refractivity contribution in [2.75, 3.05) is 0 Å². The molecule has 0 spiro atoms. The van der Waals surface area contributed by atoms with Crippen LogP contribution >= 0.6 is 80.9 Å². The predicted octanol–water partition coefficient (Wildman–Crippen LogP) is 10.9. The predicted molar refractivity (Wildman–Crippen MR) is 178 cm³/mol. The van der Waals surface area contributed by atoms with E-state index in [-0.39, 0.29) is 22.9 Å². The zero-order chi connectivity index (χ0) is 30.1. The summed E-state index contributed by atoms with van der Waals surface area (Å²) >= 11 is 36.5. The molecule has 0 amide bonds. The van der Waals surface area contributed by atoms with E-state index in [1.165, 1.54) is 11.1 Å². The number of fused-ring (bicyclic) bond motifs is 2. The Morgan fingerprint density at radius 3 is 1.78 bits per heavy atom. The van der Waals surface area contributed by atoms with Crippen LogP contribution in [0.15, 0.2) is 71.5 Å². The molecule has 5 aromatic rings. The smallest absolute Gasteiger partial charge is 0.250 e. The largest absolute Gasteiger partial charge is 0.289 e. The summed E-state index contributed by atoms with van der Waals surface area (Å²) in [5, 5.41) is 1.72. The van der Waals surface area contributed by atoms with E-state index in [0.717, 1.165) is 20.2 Å². The van der Waals surface area contributed by atoms with E-state index in [4.69, 9.17) is 69.6 Å².